The van der Waals surface area contributed by atoms with Crippen molar-refractivity contribution in [3.63, 3.8) is 0 Å². The number of methoxy groups -OCH3 is 1. The van der Waals surface area contributed by atoms with Crippen LogP contribution in [0.25, 0.3) is 0 Å². The molecule has 0 heterocycles. The van der Waals surface area contributed by atoms with Gasteiger partial charge < -0.3 is 20.7 Å². The van der Waals surface area contributed by atoms with E-state index in [1.807, 2.05) is 0 Å². The number of rotatable bonds is 5. The number of nitrogens with zero attached hydrogens (tertiary/aromatic N) is 1. The lowest BCUT2D eigenvalue weighted by Crippen LogP contribution is -2.57. The molecule has 0 spiro atoms. The zero-order valence-electron chi connectivity index (χ0n) is 12.4. The first kappa shape index (κ1) is 14.7. The van der Waals surface area contributed by atoms with E-state index in [0.29, 0.717) is 23.5 Å². The summed E-state index contributed by atoms with van der Waals surface area (Å²) in [6, 6.07) is 5.09. The molecule has 0 atom stereocenters. The van der Waals surface area contributed by atoms with Crippen LogP contribution in [0.3, 0.4) is 0 Å². The van der Waals surface area contributed by atoms with E-state index < -0.39 is 0 Å². The minimum absolute atomic E-state index is 0.100. The van der Waals surface area contributed by atoms with Crippen molar-refractivity contribution in [3.8, 4) is 5.75 Å². The summed E-state index contributed by atoms with van der Waals surface area (Å²) >= 11 is 0. The minimum Gasteiger partial charge on any atom is -0.496 e. The van der Waals surface area contributed by atoms with Crippen LogP contribution in [-0.2, 0) is 0 Å². The molecule has 1 aromatic rings. The maximum absolute atomic E-state index is 12.3. The van der Waals surface area contributed by atoms with Gasteiger partial charge >= 0.3 is 0 Å². The van der Waals surface area contributed by atoms with Crippen LogP contribution < -0.4 is 15.8 Å². The van der Waals surface area contributed by atoms with Gasteiger partial charge in [-0.25, -0.2) is 0 Å². The Morgan fingerprint density at radius 2 is 2.15 bits per heavy atom. The Morgan fingerprint density at radius 1 is 1.45 bits per heavy atom. The third-order valence-electron chi connectivity index (χ3n) is 4.28. The fraction of sp³-hybridized carbons (Fsp3) is 0.533. The van der Waals surface area contributed by atoms with Gasteiger partial charge in [-0.2, -0.15) is 0 Å². The van der Waals surface area contributed by atoms with Crippen LogP contribution in [0.1, 0.15) is 29.6 Å². The average molecular weight is 277 g/mol. The fourth-order valence-electron chi connectivity index (χ4n) is 2.61. The summed E-state index contributed by atoms with van der Waals surface area (Å²) < 4.78 is 5.21. The molecule has 0 radical (unpaired) electrons. The predicted octanol–water partition coefficient (Wildman–Crippen LogP) is 1.49. The third-order valence-corrected chi connectivity index (χ3v) is 4.28. The van der Waals surface area contributed by atoms with E-state index in [9.17, 15) is 4.79 Å². The molecule has 0 aromatic heterocycles. The summed E-state index contributed by atoms with van der Waals surface area (Å²) in [5.74, 6) is 0.409. The molecule has 5 nitrogen and oxygen atoms in total. The smallest absolute Gasteiger partial charge is 0.255 e. The average Bonchev–Trinajstić information content (AvgIpc) is 2.36. The molecule has 0 unspecified atom stereocenters. The number of ether oxygens (including phenoxy) is 1. The highest BCUT2D eigenvalue weighted by atomic mass is 16.5. The van der Waals surface area contributed by atoms with Gasteiger partial charge in [0.15, 0.2) is 0 Å². The summed E-state index contributed by atoms with van der Waals surface area (Å²) in [4.78, 5) is 14.5. The van der Waals surface area contributed by atoms with Crippen LogP contribution in [0.4, 0.5) is 5.69 Å². The molecule has 1 fully saturated rings. The molecule has 20 heavy (non-hydrogen) atoms. The summed E-state index contributed by atoms with van der Waals surface area (Å²) in [5.41, 5.74) is 6.89. The molecule has 0 saturated heterocycles. The molecule has 1 aliphatic rings. The third kappa shape index (κ3) is 2.72. The number of benzene rings is 1. The molecule has 2 rings (SSSR count). The number of nitrogen functional groups attached to an aromatic ring is 1. The van der Waals surface area contributed by atoms with Gasteiger partial charge in [0.05, 0.1) is 12.7 Å². The largest absolute Gasteiger partial charge is 0.496 e. The lowest BCUT2D eigenvalue weighted by atomic mass is 9.75. The Morgan fingerprint density at radius 3 is 2.65 bits per heavy atom. The summed E-state index contributed by atoms with van der Waals surface area (Å²) in [7, 11) is 5.67. The molecule has 1 saturated carbocycles. The van der Waals surface area contributed by atoms with Crippen molar-refractivity contribution in [2.75, 3.05) is 33.5 Å². The molecule has 1 aromatic carbocycles. The summed E-state index contributed by atoms with van der Waals surface area (Å²) in [6.07, 6.45) is 3.46. The second-order valence-corrected chi connectivity index (χ2v) is 5.61. The Bertz CT molecular complexity index is 496. The highest BCUT2D eigenvalue weighted by Gasteiger charge is 2.39. The van der Waals surface area contributed by atoms with Gasteiger partial charge in [-0.05, 0) is 51.6 Å². The van der Waals surface area contributed by atoms with Crippen molar-refractivity contribution in [3.05, 3.63) is 23.8 Å². The van der Waals surface area contributed by atoms with E-state index >= 15 is 0 Å². The minimum atomic E-state index is -0.137. The topological polar surface area (TPSA) is 67.6 Å². The van der Waals surface area contributed by atoms with Gasteiger partial charge in [0.25, 0.3) is 5.91 Å². The van der Waals surface area contributed by atoms with Crippen LogP contribution >= 0.6 is 0 Å². The van der Waals surface area contributed by atoms with Gasteiger partial charge in [0, 0.05) is 17.8 Å². The number of hydrogen-bond acceptors (Lipinski definition) is 4. The van der Waals surface area contributed by atoms with E-state index in [2.05, 4.69) is 24.3 Å². The summed E-state index contributed by atoms with van der Waals surface area (Å²) in [5, 5.41) is 3.01. The zero-order valence-corrected chi connectivity index (χ0v) is 12.4. The summed E-state index contributed by atoms with van der Waals surface area (Å²) in [6.45, 7) is 0.650. The Labute approximate surface area is 120 Å². The van der Waals surface area contributed by atoms with E-state index in [-0.39, 0.29) is 11.4 Å². The molecular weight excluding hydrogens is 254 g/mol. The normalized spacial score (nSPS) is 16.6. The molecule has 1 aliphatic carbocycles. The second kappa shape index (κ2) is 5.71. The van der Waals surface area contributed by atoms with Crippen molar-refractivity contribution in [2.24, 2.45) is 0 Å². The van der Waals surface area contributed by atoms with Gasteiger partial charge in [-0.15, -0.1) is 0 Å². The number of likely N-dealkylation sites (N-methyl/N-ethyl adjacent to an activating group) is 1. The van der Waals surface area contributed by atoms with E-state index in [0.717, 1.165) is 12.8 Å². The van der Waals surface area contributed by atoms with Crippen LogP contribution in [0, 0.1) is 0 Å². The predicted molar refractivity (Wildman–Crippen MR) is 80.0 cm³/mol. The van der Waals surface area contributed by atoms with Crippen molar-refractivity contribution >= 4 is 11.6 Å². The number of nitrogens with two attached hydrogens (primary N) is 1. The highest BCUT2D eigenvalue weighted by Crippen LogP contribution is 2.35. The number of carbonyl (C=O) groups excluding carboxylic acids is 1. The zero-order chi connectivity index (χ0) is 14.8. The van der Waals surface area contributed by atoms with Gasteiger partial charge in [-0.1, -0.05) is 0 Å². The Kier molecular flexibility index (Phi) is 4.18. The second-order valence-electron chi connectivity index (χ2n) is 5.61. The molecular formula is C15H23N3O2. The monoisotopic (exact) mass is 277 g/mol. The molecule has 3 N–H and O–H groups in total. The van der Waals surface area contributed by atoms with E-state index in [4.69, 9.17) is 10.5 Å². The maximum atomic E-state index is 12.3. The molecule has 110 valence electrons. The number of amides is 1. The first-order valence-electron chi connectivity index (χ1n) is 6.88. The van der Waals surface area contributed by atoms with Crippen LogP contribution in [0.5, 0.6) is 5.75 Å². The van der Waals surface area contributed by atoms with E-state index in [1.165, 1.54) is 6.42 Å². The van der Waals surface area contributed by atoms with Gasteiger partial charge in [0.1, 0.15) is 5.75 Å². The van der Waals surface area contributed by atoms with Gasteiger partial charge in [-0.3, -0.25) is 4.79 Å². The SMILES string of the molecule is COc1ccc(N)cc1C(=O)NCC1(N(C)C)CCC1. The molecule has 1 amide bonds. The lowest BCUT2D eigenvalue weighted by molar-refractivity contribution is 0.0557. The Balaban J connectivity index is 2.07. The lowest BCUT2D eigenvalue weighted by Gasteiger charge is -2.47. The quantitative estimate of drug-likeness (QED) is 0.800. The molecule has 0 bridgehead atoms. The first-order valence-corrected chi connectivity index (χ1v) is 6.88. The van der Waals surface area contributed by atoms with E-state index in [1.54, 1.807) is 25.3 Å². The number of anilines is 1. The number of hydrogen-bond donors (Lipinski definition) is 2. The van der Waals surface area contributed by atoms with Crippen molar-refractivity contribution in [1.82, 2.24) is 10.2 Å². The molecule has 5 heteroatoms. The number of nitrogens with one attached hydrogen (secondary N) is 1. The molecule has 0 aliphatic heterocycles. The van der Waals surface area contributed by atoms with Crippen molar-refractivity contribution in [2.45, 2.75) is 24.8 Å². The van der Waals surface area contributed by atoms with Crippen molar-refractivity contribution < 1.29 is 9.53 Å². The van der Waals surface area contributed by atoms with Crippen LogP contribution in [-0.4, -0.2) is 44.1 Å². The highest BCUT2D eigenvalue weighted by molar-refractivity contribution is 5.97. The Hall–Kier alpha value is -1.75. The van der Waals surface area contributed by atoms with Crippen LogP contribution in [0.15, 0.2) is 18.2 Å². The van der Waals surface area contributed by atoms with Gasteiger partial charge in [0.2, 0.25) is 0 Å². The standard InChI is InChI=1S/C15H23N3O2/c1-18(2)15(7-4-8-15)10-17-14(19)12-9-11(16)5-6-13(12)20-3/h5-6,9H,4,7-8,10,16H2,1-3H3,(H,17,19). The first-order chi connectivity index (χ1) is 9.48. The number of carbonyl (C=O) groups is 1. The van der Waals surface area contributed by atoms with Crippen molar-refractivity contribution in [1.29, 1.82) is 0 Å². The van der Waals surface area contributed by atoms with Crippen LogP contribution in [0.2, 0.25) is 0 Å². The maximum Gasteiger partial charge on any atom is 0.255 e. The fourth-order valence-corrected chi connectivity index (χ4v) is 2.61.